The lowest BCUT2D eigenvalue weighted by Gasteiger charge is -2.26. The molecule has 0 radical (unpaired) electrons. The van der Waals surface area contributed by atoms with Crippen LogP contribution in [0.1, 0.15) is 31.9 Å². The van der Waals surface area contributed by atoms with Gasteiger partial charge in [-0.1, -0.05) is 12.1 Å². The van der Waals surface area contributed by atoms with Crippen molar-refractivity contribution in [2.45, 2.75) is 39.8 Å². The molecule has 0 saturated heterocycles. The van der Waals surface area contributed by atoms with E-state index < -0.39 is 0 Å². The molecule has 0 aliphatic rings. The normalized spacial score (nSPS) is 11.9. The molecule has 0 heterocycles. The van der Waals surface area contributed by atoms with Crippen molar-refractivity contribution in [3.8, 4) is 5.75 Å². The minimum absolute atomic E-state index is 0.158. The van der Waals surface area contributed by atoms with Gasteiger partial charge in [-0.15, -0.1) is 0 Å². The summed E-state index contributed by atoms with van der Waals surface area (Å²) in [6.45, 7) is 10.7. The number of aryl methyl sites for hydroxylation is 1. The lowest BCUT2D eigenvalue weighted by Crippen LogP contribution is -2.43. The molecule has 0 aromatic heterocycles. The van der Waals surface area contributed by atoms with Gasteiger partial charge in [0.2, 0.25) is 0 Å². The van der Waals surface area contributed by atoms with Crippen molar-refractivity contribution in [2.75, 3.05) is 20.2 Å². The van der Waals surface area contributed by atoms with Crippen LogP contribution in [0.5, 0.6) is 5.75 Å². The van der Waals surface area contributed by atoms with Gasteiger partial charge in [0.15, 0.2) is 0 Å². The highest BCUT2D eigenvalue weighted by atomic mass is 16.5. The lowest BCUT2D eigenvalue weighted by atomic mass is 10.1. The molecule has 3 heteroatoms. The molecule has 1 aromatic carbocycles. The molecule has 1 rings (SSSR count). The van der Waals surface area contributed by atoms with E-state index in [1.54, 1.807) is 0 Å². The maximum Gasteiger partial charge on any atom is 0.122 e. The van der Waals surface area contributed by atoms with Gasteiger partial charge in [0.05, 0.1) is 6.61 Å². The van der Waals surface area contributed by atoms with Gasteiger partial charge in [0, 0.05) is 18.6 Å². The second-order valence-corrected chi connectivity index (χ2v) is 5.69. The summed E-state index contributed by atoms with van der Waals surface area (Å²) in [5.41, 5.74) is 8.35. The predicted octanol–water partition coefficient (Wildman–Crippen LogP) is 2.56. The Balaban J connectivity index is 2.65. The number of benzene rings is 1. The maximum atomic E-state index is 6.02. The van der Waals surface area contributed by atoms with Crippen LogP contribution < -0.4 is 10.5 Å². The van der Waals surface area contributed by atoms with Gasteiger partial charge in [-0.2, -0.15) is 0 Å². The van der Waals surface area contributed by atoms with Gasteiger partial charge in [0.1, 0.15) is 5.75 Å². The van der Waals surface area contributed by atoms with Gasteiger partial charge in [0.25, 0.3) is 0 Å². The van der Waals surface area contributed by atoms with Gasteiger partial charge >= 0.3 is 0 Å². The first-order valence-corrected chi connectivity index (χ1v) is 6.51. The van der Waals surface area contributed by atoms with Crippen molar-refractivity contribution in [3.05, 3.63) is 29.3 Å². The molecule has 0 spiro atoms. The van der Waals surface area contributed by atoms with E-state index in [1.165, 1.54) is 11.1 Å². The Labute approximate surface area is 111 Å². The molecule has 1 aromatic rings. The number of nitrogens with two attached hydrogens (primary N) is 1. The molecule has 0 aliphatic heterocycles. The van der Waals surface area contributed by atoms with Crippen LogP contribution in [0, 0.1) is 6.92 Å². The minimum Gasteiger partial charge on any atom is -0.494 e. The maximum absolute atomic E-state index is 6.02. The third-order valence-corrected chi connectivity index (χ3v) is 2.67. The highest BCUT2D eigenvalue weighted by molar-refractivity contribution is 5.36. The van der Waals surface area contributed by atoms with Gasteiger partial charge in [-0.3, -0.25) is 0 Å². The average Bonchev–Trinajstić information content (AvgIpc) is 2.19. The lowest BCUT2D eigenvalue weighted by molar-refractivity contribution is 0.263. The molecule has 18 heavy (non-hydrogen) atoms. The van der Waals surface area contributed by atoms with Crippen LogP contribution in [0.3, 0.4) is 0 Å². The largest absolute Gasteiger partial charge is 0.494 e. The molecule has 0 aliphatic carbocycles. The Kier molecular flexibility index (Phi) is 5.17. The second-order valence-electron chi connectivity index (χ2n) is 5.69. The Bertz CT molecular complexity index is 383. The first kappa shape index (κ1) is 15.0. The zero-order chi connectivity index (χ0) is 13.8. The Morgan fingerprint density at radius 1 is 1.33 bits per heavy atom. The average molecular weight is 250 g/mol. The van der Waals surface area contributed by atoms with Crippen molar-refractivity contribution in [3.63, 3.8) is 0 Å². The van der Waals surface area contributed by atoms with E-state index in [1.807, 2.05) is 20.8 Å². The van der Waals surface area contributed by atoms with Crippen molar-refractivity contribution in [1.82, 2.24) is 4.90 Å². The summed E-state index contributed by atoms with van der Waals surface area (Å²) >= 11 is 0. The molecular weight excluding hydrogens is 224 g/mol. The highest BCUT2D eigenvalue weighted by Gasteiger charge is 2.14. The number of nitrogens with zero attached hydrogens (tertiary/aromatic N) is 1. The first-order valence-electron chi connectivity index (χ1n) is 6.51. The van der Waals surface area contributed by atoms with Crippen molar-refractivity contribution in [2.24, 2.45) is 5.73 Å². The minimum atomic E-state index is -0.158. The fraction of sp³-hybridized carbons (Fsp3) is 0.600. The zero-order valence-electron chi connectivity index (χ0n) is 12.3. The van der Waals surface area contributed by atoms with Crippen LogP contribution in [0.2, 0.25) is 0 Å². The SMILES string of the molecule is CCOc1ccc(CN(C)CC(C)(C)N)cc1C. The van der Waals surface area contributed by atoms with E-state index in [0.29, 0.717) is 6.61 Å². The number of hydrogen-bond acceptors (Lipinski definition) is 3. The van der Waals surface area contributed by atoms with E-state index in [-0.39, 0.29) is 5.54 Å². The van der Waals surface area contributed by atoms with E-state index >= 15 is 0 Å². The Morgan fingerprint density at radius 3 is 2.50 bits per heavy atom. The summed E-state index contributed by atoms with van der Waals surface area (Å²) in [4.78, 5) is 2.25. The second kappa shape index (κ2) is 6.21. The van der Waals surface area contributed by atoms with Crippen LogP contribution in [0.15, 0.2) is 18.2 Å². The molecule has 0 atom stereocenters. The number of likely N-dealkylation sites (N-methyl/N-ethyl adjacent to an activating group) is 1. The number of rotatable bonds is 6. The summed E-state index contributed by atoms with van der Waals surface area (Å²) in [6.07, 6.45) is 0. The fourth-order valence-corrected chi connectivity index (χ4v) is 2.19. The van der Waals surface area contributed by atoms with Crippen LogP contribution in [-0.4, -0.2) is 30.6 Å². The van der Waals surface area contributed by atoms with Crippen LogP contribution in [0.25, 0.3) is 0 Å². The quantitative estimate of drug-likeness (QED) is 0.843. The smallest absolute Gasteiger partial charge is 0.122 e. The van der Waals surface area contributed by atoms with Crippen molar-refractivity contribution in [1.29, 1.82) is 0 Å². The highest BCUT2D eigenvalue weighted by Crippen LogP contribution is 2.20. The molecule has 3 nitrogen and oxygen atoms in total. The van der Waals surface area contributed by atoms with Crippen LogP contribution in [-0.2, 0) is 6.54 Å². The molecule has 0 saturated carbocycles. The fourth-order valence-electron chi connectivity index (χ4n) is 2.19. The van der Waals surface area contributed by atoms with Gasteiger partial charge in [-0.05, 0) is 51.9 Å². The monoisotopic (exact) mass is 250 g/mol. The summed E-state index contributed by atoms with van der Waals surface area (Å²) in [5, 5.41) is 0. The third-order valence-electron chi connectivity index (χ3n) is 2.67. The molecule has 0 fully saturated rings. The molecule has 0 amide bonds. The summed E-state index contributed by atoms with van der Waals surface area (Å²) in [7, 11) is 2.10. The van der Waals surface area contributed by atoms with Crippen molar-refractivity contribution < 1.29 is 4.74 Å². The van der Waals surface area contributed by atoms with Crippen LogP contribution >= 0.6 is 0 Å². The van der Waals surface area contributed by atoms with Crippen molar-refractivity contribution >= 4 is 0 Å². The molecule has 0 bridgehead atoms. The molecule has 0 unspecified atom stereocenters. The summed E-state index contributed by atoms with van der Waals surface area (Å²) < 4.78 is 5.54. The molecular formula is C15H26N2O. The molecule has 2 N–H and O–H groups in total. The number of hydrogen-bond donors (Lipinski definition) is 1. The summed E-state index contributed by atoms with van der Waals surface area (Å²) in [6, 6.07) is 6.36. The van der Waals surface area contributed by atoms with E-state index in [4.69, 9.17) is 10.5 Å². The van der Waals surface area contributed by atoms with E-state index in [9.17, 15) is 0 Å². The Morgan fingerprint density at radius 2 is 2.00 bits per heavy atom. The van der Waals surface area contributed by atoms with Gasteiger partial charge < -0.3 is 15.4 Å². The standard InChI is InChI=1S/C15H26N2O/c1-6-18-14-8-7-13(9-12(14)2)10-17(5)11-15(3,4)16/h7-9H,6,10-11,16H2,1-5H3. The topological polar surface area (TPSA) is 38.5 Å². The predicted molar refractivity (Wildman–Crippen MR) is 76.9 cm³/mol. The van der Waals surface area contributed by atoms with E-state index in [0.717, 1.165) is 18.8 Å². The Hall–Kier alpha value is -1.06. The van der Waals surface area contributed by atoms with E-state index in [2.05, 4.69) is 37.1 Å². The first-order chi connectivity index (χ1) is 8.31. The van der Waals surface area contributed by atoms with Gasteiger partial charge in [-0.25, -0.2) is 0 Å². The zero-order valence-corrected chi connectivity index (χ0v) is 12.3. The number of ether oxygens (including phenoxy) is 1. The molecule has 102 valence electrons. The summed E-state index contributed by atoms with van der Waals surface area (Å²) in [5.74, 6) is 0.975. The van der Waals surface area contributed by atoms with Crippen LogP contribution in [0.4, 0.5) is 0 Å². The third kappa shape index (κ3) is 5.07.